The molecule has 3 N–H and O–H groups in total. The molecule has 0 saturated carbocycles. The van der Waals surface area contributed by atoms with Gasteiger partial charge in [0, 0.05) is 18.1 Å². The van der Waals surface area contributed by atoms with E-state index in [0.29, 0.717) is 22.0 Å². The quantitative estimate of drug-likeness (QED) is 0.683. The Kier molecular flexibility index (Phi) is 5.22. The van der Waals surface area contributed by atoms with Crippen molar-refractivity contribution in [1.82, 2.24) is 10.6 Å². The minimum absolute atomic E-state index is 0.0520. The normalized spacial score (nSPS) is 23.1. The number of alkyl halides is 3. The van der Waals surface area contributed by atoms with Crippen LogP contribution in [0.25, 0.3) is 0 Å². The number of carbonyl (C=O) groups is 2. The average molecular weight is 425 g/mol. The molecule has 29 heavy (non-hydrogen) atoms. The minimum atomic E-state index is -5.00. The Morgan fingerprint density at radius 2 is 1.93 bits per heavy atom. The van der Waals surface area contributed by atoms with E-state index in [4.69, 9.17) is 4.74 Å². The lowest BCUT2D eigenvalue weighted by atomic mass is 9.95. The van der Waals surface area contributed by atoms with Crippen LogP contribution in [0.3, 0.4) is 0 Å². The number of para-hydroxylation sites is 2. The van der Waals surface area contributed by atoms with Gasteiger partial charge < -0.3 is 20.7 Å². The molecule has 10 heteroatoms. The number of nitrogens with one attached hydrogen (secondary N) is 3. The molecule has 6 nitrogen and oxygen atoms in total. The van der Waals surface area contributed by atoms with Crippen LogP contribution in [0.4, 0.5) is 18.9 Å². The van der Waals surface area contributed by atoms with Crippen LogP contribution < -0.4 is 20.7 Å². The van der Waals surface area contributed by atoms with Crippen LogP contribution in [0.5, 0.6) is 10.8 Å². The van der Waals surface area contributed by atoms with Gasteiger partial charge in [-0.3, -0.25) is 9.59 Å². The van der Waals surface area contributed by atoms with Crippen LogP contribution in [0.15, 0.2) is 36.4 Å². The van der Waals surface area contributed by atoms with Crippen molar-refractivity contribution in [3.05, 3.63) is 41.3 Å². The van der Waals surface area contributed by atoms with Gasteiger partial charge in [-0.2, -0.15) is 13.2 Å². The molecule has 154 valence electrons. The topological polar surface area (TPSA) is 79.5 Å². The largest absolute Gasteiger partial charge is 0.471 e. The molecule has 2 aliphatic heterocycles. The molecular formula is C19H18F3N3O3S. The van der Waals surface area contributed by atoms with E-state index in [0.717, 1.165) is 30.6 Å². The monoisotopic (exact) mass is 425 g/mol. The summed E-state index contributed by atoms with van der Waals surface area (Å²) in [4.78, 5) is 24.1. The predicted molar refractivity (Wildman–Crippen MR) is 101 cm³/mol. The van der Waals surface area contributed by atoms with E-state index in [9.17, 15) is 22.8 Å². The maximum atomic E-state index is 12.5. The number of hydrogen-bond donors (Lipinski definition) is 3. The Labute approximate surface area is 168 Å². The number of halogens is 3. The number of hydrogen-bond acceptors (Lipinski definition) is 5. The number of anilines is 1. The first kappa shape index (κ1) is 19.7. The van der Waals surface area contributed by atoms with E-state index in [-0.39, 0.29) is 23.4 Å². The van der Waals surface area contributed by atoms with Crippen LogP contribution in [-0.2, 0) is 4.79 Å². The highest BCUT2D eigenvalue weighted by Gasteiger charge is 2.40. The second-order valence-corrected chi connectivity index (χ2v) is 8.08. The summed E-state index contributed by atoms with van der Waals surface area (Å²) >= 11 is 1.08. The second kappa shape index (κ2) is 7.68. The predicted octanol–water partition coefficient (Wildman–Crippen LogP) is 3.66. The molecule has 0 spiro atoms. The third kappa shape index (κ3) is 4.38. The first-order valence-corrected chi connectivity index (χ1v) is 9.93. The van der Waals surface area contributed by atoms with Crippen LogP contribution in [0, 0.1) is 0 Å². The maximum absolute atomic E-state index is 12.5. The van der Waals surface area contributed by atoms with Crippen LogP contribution in [-0.4, -0.2) is 36.1 Å². The first-order valence-electron chi connectivity index (χ1n) is 9.11. The molecule has 2 bridgehead atoms. The second-order valence-electron chi connectivity index (χ2n) is 7.03. The Morgan fingerprint density at radius 1 is 1.14 bits per heavy atom. The van der Waals surface area contributed by atoms with Crippen molar-refractivity contribution in [3.8, 4) is 10.8 Å². The summed E-state index contributed by atoms with van der Waals surface area (Å²) in [7, 11) is 0. The number of rotatable bonds is 5. The van der Waals surface area contributed by atoms with Gasteiger partial charge in [0.1, 0.15) is 0 Å². The molecule has 2 aromatic rings. The Hall–Kier alpha value is -2.59. The van der Waals surface area contributed by atoms with Crippen molar-refractivity contribution in [2.24, 2.45) is 0 Å². The molecule has 3 unspecified atom stereocenters. The van der Waals surface area contributed by atoms with Crippen molar-refractivity contribution >= 4 is 28.8 Å². The molecule has 4 rings (SSSR count). The highest BCUT2D eigenvalue weighted by atomic mass is 32.1. The molecule has 1 aromatic carbocycles. The third-order valence-corrected chi connectivity index (χ3v) is 5.99. The zero-order chi connectivity index (χ0) is 20.6. The van der Waals surface area contributed by atoms with Crippen LogP contribution >= 0.6 is 11.3 Å². The van der Waals surface area contributed by atoms with Gasteiger partial charge in [0.25, 0.3) is 5.91 Å². The van der Waals surface area contributed by atoms with Gasteiger partial charge in [-0.15, -0.1) is 0 Å². The van der Waals surface area contributed by atoms with E-state index in [1.54, 1.807) is 23.5 Å². The van der Waals surface area contributed by atoms with E-state index >= 15 is 0 Å². The van der Waals surface area contributed by atoms with Crippen molar-refractivity contribution in [2.75, 3.05) is 5.32 Å². The van der Waals surface area contributed by atoms with Gasteiger partial charge in [0.2, 0.25) is 0 Å². The molecule has 0 radical (unpaired) electrons. The summed E-state index contributed by atoms with van der Waals surface area (Å²) in [5, 5.41) is 8.61. The number of ether oxygens (including phenoxy) is 1. The molecule has 1 aromatic heterocycles. The lowest BCUT2D eigenvalue weighted by molar-refractivity contribution is -0.167. The fraction of sp³-hybridized carbons (Fsp3) is 0.368. The summed E-state index contributed by atoms with van der Waals surface area (Å²) < 4.78 is 43.1. The van der Waals surface area contributed by atoms with Gasteiger partial charge in [-0.05, 0) is 43.5 Å². The van der Waals surface area contributed by atoms with Crippen LogP contribution in [0.2, 0.25) is 0 Å². The number of carbonyl (C=O) groups excluding carboxylic acids is 2. The average Bonchev–Trinajstić information content (AvgIpc) is 3.39. The molecular weight excluding hydrogens is 407 g/mol. The van der Waals surface area contributed by atoms with Gasteiger partial charge in [-0.25, -0.2) is 0 Å². The molecule has 2 saturated heterocycles. The van der Waals surface area contributed by atoms with E-state index in [1.165, 1.54) is 18.2 Å². The van der Waals surface area contributed by atoms with Gasteiger partial charge in [-0.1, -0.05) is 23.5 Å². The first-order chi connectivity index (χ1) is 13.8. The minimum Gasteiger partial charge on any atom is -0.444 e. The van der Waals surface area contributed by atoms with Crippen molar-refractivity contribution in [1.29, 1.82) is 0 Å². The zero-order valence-electron chi connectivity index (χ0n) is 15.1. The Bertz CT molecular complexity index is 931. The van der Waals surface area contributed by atoms with E-state index in [1.807, 2.05) is 0 Å². The highest BCUT2D eigenvalue weighted by Crippen LogP contribution is 2.35. The molecule has 2 fully saturated rings. The highest BCUT2D eigenvalue weighted by molar-refractivity contribution is 7.15. The third-order valence-electron chi connectivity index (χ3n) is 5.02. The lowest BCUT2D eigenvalue weighted by Gasteiger charge is -2.20. The molecule has 3 atom stereocenters. The summed E-state index contributed by atoms with van der Waals surface area (Å²) in [5.74, 6) is -2.24. The zero-order valence-corrected chi connectivity index (χ0v) is 15.9. The molecule has 2 amide bonds. The standard InChI is InChI=1S/C19H18F3N3O3S/c20-19(21,22)18(27)25-12-3-1-2-4-14(12)28-16-8-7-15(29-16)17(26)24-13-9-10-5-6-11(13)23-10/h1-4,7-8,10-11,13,23H,5-6,9H2,(H,24,26)(H,25,27). The summed E-state index contributed by atoms with van der Waals surface area (Å²) in [6.07, 6.45) is -1.90. The Balaban J connectivity index is 1.41. The van der Waals surface area contributed by atoms with Gasteiger partial charge >= 0.3 is 12.1 Å². The van der Waals surface area contributed by atoms with Crippen molar-refractivity contribution in [3.63, 3.8) is 0 Å². The number of thiophene rings is 1. The van der Waals surface area contributed by atoms with Crippen LogP contribution in [0.1, 0.15) is 28.9 Å². The molecule has 3 heterocycles. The summed E-state index contributed by atoms with van der Waals surface area (Å²) in [5.41, 5.74) is -0.109. The summed E-state index contributed by atoms with van der Waals surface area (Å²) in [6.45, 7) is 0. The lowest BCUT2D eigenvalue weighted by Crippen LogP contribution is -2.42. The maximum Gasteiger partial charge on any atom is 0.471 e. The van der Waals surface area contributed by atoms with Gasteiger partial charge in [0.05, 0.1) is 10.6 Å². The van der Waals surface area contributed by atoms with Crippen molar-refractivity contribution < 1.29 is 27.5 Å². The smallest absolute Gasteiger partial charge is 0.444 e. The van der Waals surface area contributed by atoms with Crippen molar-refractivity contribution in [2.45, 2.75) is 43.6 Å². The molecule has 2 aliphatic rings. The number of benzene rings is 1. The van der Waals surface area contributed by atoms with E-state index in [2.05, 4.69) is 10.6 Å². The number of fused-ring (bicyclic) bond motifs is 2. The number of amides is 2. The van der Waals surface area contributed by atoms with E-state index < -0.39 is 12.1 Å². The van der Waals surface area contributed by atoms with Gasteiger partial charge in [0.15, 0.2) is 10.8 Å². The molecule has 0 aliphatic carbocycles. The summed E-state index contributed by atoms with van der Waals surface area (Å²) in [6, 6.07) is 9.85. The fourth-order valence-electron chi connectivity index (χ4n) is 3.68. The SMILES string of the molecule is O=C(NC1CC2CCC1N2)c1ccc(Oc2ccccc2NC(=O)C(F)(F)F)s1. The fourth-order valence-corrected chi connectivity index (χ4v) is 4.45. The Morgan fingerprint density at radius 3 is 2.62 bits per heavy atom.